The summed E-state index contributed by atoms with van der Waals surface area (Å²) >= 11 is 0. The van der Waals surface area contributed by atoms with Gasteiger partial charge in [0.15, 0.2) is 5.58 Å². The van der Waals surface area contributed by atoms with Crippen LogP contribution in [0.2, 0.25) is 0 Å². The van der Waals surface area contributed by atoms with Gasteiger partial charge in [0.25, 0.3) is 0 Å². The van der Waals surface area contributed by atoms with Gasteiger partial charge in [-0.2, -0.15) is 13.2 Å². The maximum absolute atomic E-state index is 12.3. The Kier molecular flexibility index (Phi) is 1.55. The molecule has 0 aliphatic rings. The number of rotatable bonds is 0. The van der Waals surface area contributed by atoms with E-state index < -0.39 is 11.7 Å². The zero-order valence-corrected chi connectivity index (χ0v) is 6.30. The van der Waals surface area contributed by atoms with Gasteiger partial charge in [0.2, 0.25) is 0 Å². The Hall–Kier alpha value is -1.52. The molecule has 0 atom stereocenters. The molecule has 0 aliphatic carbocycles. The summed E-state index contributed by atoms with van der Waals surface area (Å²) in [6.45, 7) is 0. The fourth-order valence-electron chi connectivity index (χ4n) is 1.14. The minimum absolute atomic E-state index is 0.00463. The van der Waals surface area contributed by atoms with E-state index in [4.69, 9.17) is 0 Å². The summed E-state index contributed by atoms with van der Waals surface area (Å²) in [6, 6.07) is 3.73. The number of halogens is 3. The monoisotopic (exact) mass is 187 g/mol. The van der Waals surface area contributed by atoms with E-state index in [9.17, 15) is 13.2 Å². The number of hydrogen-bond donors (Lipinski definition) is 0. The number of aromatic nitrogens is 1. The van der Waals surface area contributed by atoms with Crippen LogP contribution in [0.3, 0.4) is 0 Å². The second-order valence-electron chi connectivity index (χ2n) is 2.54. The molecule has 0 saturated heterocycles. The van der Waals surface area contributed by atoms with Crippen molar-refractivity contribution in [1.29, 1.82) is 0 Å². The lowest BCUT2D eigenvalue weighted by atomic mass is 10.1. The summed E-state index contributed by atoms with van der Waals surface area (Å²) in [7, 11) is 0. The molecule has 0 amide bonds. The highest BCUT2D eigenvalue weighted by Crippen LogP contribution is 2.34. The van der Waals surface area contributed by atoms with Crippen LogP contribution in [0, 0.1) is 0 Å². The van der Waals surface area contributed by atoms with Crippen LogP contribution in [-0.4, -0.2) is 5.16 Å². The van der Waals surface area contributed by atoms with Gasteiger partial charge in [-0.1, -0.05) is 11.2 Å². The maximum atomic E-state index is 12.3. The van der Waals surface area contributed by atoms with E-state index in [0.717, 1.165) is 12.3 Å². The van der Waals surface area contributed by atoms with E-state index in [0.29, 0.717) is 0 Å². The van der Waals surface area contributed by atoms with Crippen molar-refractivity contribution in [3.63, 3.8) is 0 Å². The van der Waals surface area contributed by atoms with Crippen LogP contribution in [0.4, 0.5) is 13.2 Å². The van der Waals surface area contributed by atoms with Gasteiger partial charge in [-0.25, -0.2) is 0 Å². The van der Waals surface area contributed by atoms with Crippen LogP contribution >= 0.6 is 0 Å². The highest BCUT2D eigenvalue weighted by molar-refractivity contribution is 5.80. The average Bonchev–Trinajstić information content (AvgIpc) is 2.48. The van der Waals surface area contributed by atoms with Gasteiger partial charge in [-0.05, 0) is 12.1 Å². The molecule has 1 aromatic carbocycles. The molecule has 0 unspecified atom stereocenters. The molecule has 0 aliphatic heterocycles. The second kappa shape index (κ2) is 2.48. The Bertz CT molecular complexity index is 432. The van der Waals surface area contributed by atoms with E-state index in [2.05, 4.69) is 9.68 Å². The molecule has 2 rings (SSSR count). The minimum atomic E-state index is -4.36. The number of nitrogens with zero attached hydrogens (tertiary/aromatic N) is 1. The predicted octanol–water partition coefficient (Wildman–Crippen LogP) is 2.85. The number of alkyl halides is 3. The summed E-state index contributed by atoms with van der Waals surface area (Å²) in [5, 5.41) is 3.30. The average molecular weight is 187 g/mol. The van der Waals surface area contributed by atoms with Crippen LogP contribution in [-0.2, 0) is 6.18 Å². The third-order valence-corrected chi connectivity index (χ3v) is 1.70. The first-order chi connectivity index (χ1) is 6.09. The van der Waals surface area contributed by atoms with Crippen molar-refractivity contribution < 1.29 is 17.7 Å². The third-order valence-electron chi connectivity index (χ3n) is 1.70. The van der Waals surface area contributed by atoms with E-state index in [-0.39, 0.29) is 11.0 Å². The van der Waals surface area contributed by atoms with E-state index in [1.165, 1.54) is 12.1 Å². The van der Waals surface area contributed by atoms with Crippen LogP contribution in [0.5, 0.6) is 0 Å². The first-order valence-electron chi connectivity index (χ1n) is 3.49. The topological polar surface area (TPSA) is 26.0 Å². The zero-order chi connectivity index (χ0) is 9.47. The lowest BCUT2D eigenvalue weighted by molar-refractivity contribution is -0.136. The summed E-state index contributed by atoms with van der Waals surface area (Å²) in [5.41, 5.74) is -0.568. The Morgan fingerprint density at radius 3 is 2.69 bits per heavy atom. The number of benzene rings is 1. The lowest BCUT2D eigenvalue weighted by Crippen LogP contribution is -2.04. The molecule has 0 radical (unpaired) electrons. The van der Waals surface area contributed by atoms with Crippen LogP contribution in [0.15, 0.2) is 28.9 Å². The SMILES string of the molecule is FC(F)(F)c1cccc2oncc12. The fraction of sp³-hybridized carbons (Fsp3) is 0.125. The highest BCUT2D eigenvalue weighted by Gasteiger charge is 2.33. The van der Waals surface area contributed by atoms with E-state index >= 15 is 0 Å². The predicted molar refractivity (Wildman–Crippen MR) is 39.0 cm³/mol. The van der Waals surface area contributed by atoms with Crippen molar-refractivity contribution in [2.45, 2.75) is 6.18 Å². The fourth-order valence-corrected chi connectivity index (χ4v) is 1.14. The standard InChI is InChI=1S/C8H4F3NO/c9-8(10,11)6-2-1-3-7-5(6)4-12-13-7/h1-4H. The Morgan fingerprint density at radius 1 is 1.23 bits per heavy atom. The van der Waals surface area contributed by atoms with Crippen molar-refractivity contribution in [2.75, 3.05) is 0 Å². The first kappa shape index (κ1) is 8.10. The summed E-state index contributed by atoms with van der Waals surface area (Å²) in [5.74, 6) is 0. The quantitative estimate of drug-likeness (QED) is 0.633. The van der Waals surface area contributed by atoms with Gasteiger partial charge in [-0.15, -0.1) is 0 Å². The van der Waals surface area contributed by atoms with Crippen LogP contribution in [0.1, 0.15) is 5.56 Å². The maximum Gasteiger partial charge on any atom is 0.417 e. The molecule has 0 spiro atoms. The smallest absolute Gasteiger partial charge is 0.356 e. The molecule has 0 fully saturated rings. The molecular formula is C8H4F3NO. The molecule has 2 nitrogen and oxygen atoms in total. The van der Waals surface area contributed by atoms with Crippen molar-refractivity contribution in [3.8, 4) is 0 Å². The van der Waals surface area contributed by atoms with Gasteiger partial charge in [0.05, 0.1) is 17.1 Å². The molecule has 0 saturated carbocycles. The number of hydrogen-bond acceptors (Lipinski definition) is 2. The van der Waals surface area contributed by atoms with Crippen molar-refractivity contribution >= 4 is 11.0 Å². The lowest BCUT2D eigenvalue weighted by Gasteiger charge is -2.05. The molecular weight excluding hydrogens is 183 g/mol. The molecule has 1 heterocycles. The van der Waals surface area contributed by atoms with Crippen LogP contribution < -0.4 is 0 Å². The van der Waals surface area contributed by atoms with Crippen molar-refractivity contribution in [3.05, 3.63) is 30.0 Å². The van der Waals surface area contributed by atoms with Gasteiger partial charge >= 0.3 is 6.18 Å². The Morgan fingerprint density at radius 2 is 2.00 bits per heavy atom. The van der Waals surface area contributed by atoms with E-state index in [1.54, 1.807) is 0 Å². The molecule has 13 heavy (non-hydrogen) atoms. The largest absolute Gasteiger partial charge is 0.417 e. The molecule has 1 aromatic heterocycles. The normalized spacial score (nSPS) is 12.2. The van der Waals surface area contributed by atoms with Gasteiger partial charge in [-0.3, -0.25) is 0 Å². The van der Waals surface area contributed by atoms with Crippen LogP contribution in [0.25, 0.3) is 11.0 Å². The molecule has 0 bridgehead atoms. The Balaban J connectivity index is 2.75. The number of fused-ring (bicyclic) bond motifs is 1. The molecule has 68 valence electrons. The van der Waals surface area contributed by atoms with Crippen molar-refractivity contribution in [1.82, 2.24) is 5.16 Å². The molecule has 0 N–H and O–H groups in total. The van der Waals surface area contributed by atoms with E-state index in [1.807, 2.05) is 0 Å². The van der Waals surface area contributed by atoms with Gasteiger partial charge in [0.1, 0.15) is 0 Å². The van der Waals surface area contributed by atoms with Gasteiger partial charge < -0.3 is 4.52 Å². The van der Waals surface area contributed by atoms with Gasteiger partial charge in [0, 0.05) is 0 Å². The summed E-state index contributed by atoms with van der Waals surface area (Å²) in [4.78, 5) is 0. The summed E-state index contributed by atoms with van der Waals surface area (Å²) in [6.07, 6.45) is -3.29. The second-order valence-corrected chi connectivity index (χ2v) is 2.54. The molecule has 5 heteroatoms. The summed E-state index contributed by atoms with van der Waals surface area (Å²) < 4.78 is 41.6. The minimum Gasteiger partial charge on any atom is -0.356 e. The zero-order valence-electron chi connectivity index (χ0n) is 6.30. The highest BCUT2D eigenvalue weighted by atomic mass is 19.4. The third kappa shape index (κ3) is 1.26. The molecule has 2 aromatic rings. The first-order valence-corrected chi connectivity index (χ1v) is 3.49. The van der Waals surface area contributed by atoms with Crippen molar-refractivity contribution in [2.24, 2.45) is 0 Å². The Labute approximate surface area is 70.9 Å².